The Morgan fingerprint density at radius 1 is 0.833 bits per heavy atom. The third-order valence-electron chi connectivity index (χ3n) is 4.67. The van der Waals surface area contributed by atoms with Crippen molar-refractivity contribution >= 4 is 11.9 Å². The highest BCUT2D eigenvalue weighted by molar-refractivity contribution is 5.99. The molecule has 9 heteroatoms. The van der Waals surface area contributed by atoms with Gasteiger partial charge in [0.2, 0.25) is 5.75 Å². The van der Waals surface area contributed by atoms with Gasteiger partial charge in [0.25, 0.3) is 0 Å². The monoisotopic (exact) mass is 421 g/mol. The first-order chi connectivity index (χ1) is 14.5. The number of benzene rings is 1. The van der Waals surface area contributed by atoms with Crippen LogP contribution in [-0.2, 0) is 23.8 Å². The number of nitrogens with zero attached hydrogens (tertiary/aromatic N) is 1. The van der Waals surface area contributed by atoms with E-state index in [0.29, 0.717) is 36.0 Å². The van der Waals surface area contributed by atoms with E-state index < -0.39 is 17.9 Å². The Bertz CT molecular complexity index is 812. The van der Waals surface area contributed by atoms with E-state index in [0.717, 1.165) is 0 Å². The Balaban J connectivity index is 2.73. The third-order valence-corrected chi connectivity index (χ3v) is 4.67. The quantitative estimate of drug-likeness (QED) is 0.554. The second-order valence-corrected chi connectivity index (χ2v) is 6.24. The molecular weight excluding hydrogens is 394 g/mol. The Morgan fingerprint density at radius 3 is 1.83 bits per heavy atom. The van der Waals surface area contributed by atoms with E-state index in [1.165, 1.54) is 35.5 Å². The van der Waals surface area contributed by atoms with Crippen LogP contribution in [0.15, 0.2) is 35.7 Å². The van der Waals surface area contributed by atoms with Crippen LogP contribution in [0.4, 0.5) is 0 Å². The van der Waals surface area contributed by atoms with Crippen LogP contribution in [0.2, 0.25) is 0 Å². The average molecular weight is 421 g/mol. The summed E-state index contributed by atoms with van der Waals surface area (Å²) in [5.41, 5.74) is 0.999. The second kappa shape index (κ2) is 10.5. The highest BCUT2D eigenvalue weighted by Crippen LogP contribution is 2.47. The molecule has 9 nitrogen and oxygen atoms in total. The van der Waals surface area contributed by atoms with Crippen molar-refractivity contribution in [2.45, 2.75) is 5.92 Å². The molecule has 1 heterocycles. The van der Waals surface area contributed by atoms with Crippen molar-refractivity contribution in [2.24, 2.45) is 0 Å². The van der Waals surface area contributed by atoms with Crippen molar-refractivity contribution in [2.75, 3.05) is 55.8 Å². The molecule has 1 aromatic rings. The van der Waals surface area contributed by atoms with Gasteiger partial charge in [0.1, 0.15) is 0 Å². The molecule has 0 N–H and O–H groups in total. The van der Waals surface area contributed by atoms with Crippen LogP contribution in [0.25, 0.3) is 0 Å². The van der Waals surface area contributed by atoms with E-state index in [9.17, 15) is 9.59 Å². The van der Waals surface area contributed by atoms with Gasteiger partial charge in [-0.15, -0.1) is 0 Å². The van der Waals surface area contributed by atoms with Gasteiger partial charge in [-0.1, -0.05) is 6.07 Å². The van der Waals surface area contributed by atoms with Gasteiger partial charge in [0, 0.05) is 31.6 Å². The molecule has 0 unspecified atom stereocenters. The van der Waals surface area contributed by atoms with Crippen LogP contribution in [0.5, 0.6) is 17.2 Å². The van der Waals surface area contributed by atoms with Crippen LogP contribution in [-0.4, -0.2) is 72.6 Å². The van der Waals surface area contributed by atoms with Crippen LogP contribution >= 0.6 is 0 Å². The first-order valence-corrected chi connectivity index (χ1v) is 9.10. The first-order valence-electron chi connectivity index (χ1n) is 9.10. The lowest BCUT2D eigenvalue weighted by Gasteiger charge is -2.31. The summed E-state index contributed by atoms with van der Waals surface area (Å²) in [4.78, 5) is 27.0. The summed E-state index contributed by atoms with van der Waals surface area (Å²) < 4.78 is 31.5. The standard InChI is InChI=1S/C21H27NO8/c1-25-10-9-22-11-14(20(23)29-5)17(15(12-22)21(24)30-6)13-7-8-16(26-2)19(28-4)18(13)27-3/h7-8,11-12,17H,9-10H2,1-6H3. The van der Waals surface area contributed by atoms with Gasteiger partial charge in [0.15, 0.2) is 11.5 Å². The van der Waals surface area contributed by atoms with E-state index in [4.69, 9.17) is 28.4 Å². The summed E-state index contributed by atoms with van der Waals surface area (Å²) in [6.45, 7) is 0.813. The molecular formula is C21H27NO8. The largest absolute Gasteiger partial charge is 0.493 e. The molecule has 0 saturated carbocycles. The van der Waals surface area contributed by atoms with Crippen molar-refractivity contribution in [3.05, 3.63) is 41.2 Å². The van der Waals surface area contributed by atoms with Crippen molar-refractivity contribution in [1.29, 1.82) is 0 Å². The van der Waals surface area contributed by atoms with Crippen molar-refractivity contribution < 1.29 is 38.0 Å². The van der Waals surface area contributed by atoms with E-state index in [1.807, 2.05) is 0 Å². The minimum absolute atomic E-state index is 0.238. The lowest BCUT2D eigenvalue weighted by Crippen LogP contribution is -2.30. The molecule has 0 bridgehead atoms. The lowest BCUT2D eigenvalue weighted by molar-refractivity contribution is -0.137. The fraction of sp³-hybridized carbons (Fsp3) is 0.429. The number of carbonyl (C=O) groups is 2. The molecule has 1 aliphatic rings. The average Bonchev–Trinajstić information content (AvgIpc) is 2.79. The molecule has 0 radical (unpaired) electrons. The molecule has 164 valence electrons. The van der Waals surface area contributed by atoms with Crippen molar-refractivity contribution in [3.63, 3.8) is 0 Å². The van der Waals surface area contributed by atoms with E-state index in [2.05, 4.69) is 0 Å². The van der Waals surface area contributed by atoms with Crippen LogP contribution in [0.3, 0.4) is 0 Å². The summed E-state index contributed by atoms with van der Waals surface area (Å²) in [6, 6.07) is 3.39. The van der Waals surface area contributed by atoms with Gasteiger partial charge in [-0.2, -0.15) is 0 Å². The molecule has 1 aliphatic heterocycles. The topological polar surface area (TPSA) is 92.8 Å². The maximum Gasteiger partial charge on any atom is 0.336 e. The maximum atomic E-state index is 12.7. The van der Waals surface area contributed by atoms with Crippen LogP contribution in [0.1, 0.15) is 11.5 Å². The summed E-state index contributed by atoms with van der Waals surface area (Å²) >= 11 is 0. The van der Waals surface area contributed by atoms with Gasteiger partial charge >= 0.3 is 11.9 Å². The third kappa shape index (κ3) is 4.51. The number of esters is 2. The summed E-state index contributed by atoms with van der Waals surface area (Å²) in [5.74, 6) is -0.867. The summed E-state index contributed by atoms with van der Waals surface area (Å²) in [6.07, 6.45) is 3.25. The van der Waals surface area contributed by atoms with Crippen molar-refractivity contribution in [3.8, 4) is 17.2 Å². The molecule has 0 aliphatic carbocycles. The van der Waals surface area contributed by atoms with Gasteiger partial charge < -0.3 is 33.3 Å². The molecule has 0 aromatic heterocycles. The van der Waals surface area contributed by atoms with Crippen molar-refractivity contribution in [1.82, 2.24) is 4.90 Å². The number of methoxy groups -OCH3 is 6. The fourth-order valence-electron chi connectivity index (χ4n) is 3.30. The van der Waals surface area contributed by atoms with Crippen LogP contribution < -0.4 is 14.2 Å². The molecule has 0 atom stereocenters. The zero-order chi connectivity index (χ0) is 22.3. The van der Waals surface area contributed by atoms with Gasteiger partial charge in [0.05, 0.1) is 59.2 Å². The minimum Gasteiger partial charge on any atom is -0.493 e. The van der Waals surface area contributed by atoms with Gasteiger partial charge in [-0.3, -0.25) is 0 Å². The summed E-state index contributed by atoms with van der Waals surface area (Å²) in [5, 5.41) is 0. The van der Waals surface area contributed by atoms with Gasteiger partial charge in [-0.25, -0.2) is 9.59 Å². The number of carbonyl (C=O) groups excluding carboxylic acids is 2. The number of hydrogen-bond acceptors (Lipinski definition) is 9. The van der Waals surface area contributed by atoms with E-state index in [-0.39, 0.29) is 11.1 Å². The van der Waals surface area contributed by atoms with E-state index >= 15 is 0 Å². The summed E-state index contributed by atoms with van der Waals surface area (Å²) in [7, 11) is 8.58. The molecule has 1 aromatic carbocycles. The fourth-order valence-corrected chi connectivity index (χ4v) is 3.30. The maximum absolute atomic E-state index is 12.7. The Labute approximate surface area is 175 Å². The normalized spacial score (nSPS) is 13.9. The number of rotatable bonds is 9. The first kappa shape index (κ1) is 23.1. The zero-order valence-corrected chi connectivity index (χ0v) is 18.0. The molecule has 0 saturated heterocycles. The molecule has 30 heavy (non-hydrogen) atoms. The predicted octanol–water partition coefficient (Wildman–Crippen LogP) is 1.87. The van der Waals surface area contributed by atoms with E-state index in [1.54, 1.807) is 36.5 Å². The van der Waals surface area contributed by atoms with Crippen LogP contribution in [0, 0.1) is 0 Å². The number of ether oxygens (including phenoxy) is 6. The SMILES string of the molecule is COCCN1C=C(C(=O)OC)C(c2ccc(OC)c(OC)c2OC)C(C(=O)OC)=C1. The Kier molecular flexibility index (Phi) is 8.11. The molecule has 2 rings (SSSR count). The molecule has 0 amide bonds. The smallest absolute Gasteiger partial charge is 0.336 e. The van der Waals surface area contributed by atoms with Gasteiger partial charge in [-0.05, 0) is 6.07 Å². The Morgan fingerprint density at radius 2 is 1.40 bits per heavy atom. The second-order valence-electron chi connectivity index (χ2n) is 6.24. The molecule has 0 spiro atoms. The highest BCUT2D eigenvalue weighted by Gasteiger charge is 2.38. The highest BCUT2D eigenvalue weighted by atomic mass is 16.5. The Hall–Kier alpha value is -3.20. The number of hydrogen-bond donors (Lipinski definition) is 0. The molecule has 0 fully saturated rings. The lowest BCUT2D eigenvalue weighted by atomic mass is 9.82. The minimum atomic E-state index is -0.807. The zero-order valence-electron chi connectivity index (χ0n) is 18.0. The predicted molar refractivity (Wildman–Crippen MR) is 108 cm³/mol.